The zero-order valence-corrected chi connectivity index (χ0v) is 14.5. The lowest BCUT2D eigenvalue weighted by molar-refractivity contribution is 0.430. The summed E-state index contributed by atoms with van der Waals surface area (Å²) in [6.45, 7) is 5.33. The second kappa shape index (κ2) is 7.71. The van der Waals surface area contributed by atoms with E-state index >= 15 is 0 Å². The van der Waals surface area contributed by atoms with Crippen molar-refractivity contribution in [1.82, 2.24) is 20.1 Å². The number of benzene rings is 1. The van der Waals surface area contributed by atoms with E-state index in [9.17, 15) is 0 Å². The smallest absolute Gasteiger partial charge is 0.138 e. The molecule has 1 unspecified atom stereocenters. The fourth-order valence-corrected chi connectivity index (χ4v) is 2.80. The number of aromatic nitrogens is 3. The van der Waals surface area contributed by atoms with Gasteiger partial charge in [0.05, 0.1) is 0 Å². The molecule has 1 aromatic heterocycles. The van der Waals surface area contributed by atoms with Crippen LogP contribution in [0, 0.1) is 5.92 Å². The molecule has 0 aliphatic rings. The van der Waals surface area contributed by atoms with Crippen molar-refractivity contribution < 1.29 is 0 Å². The highest BCUT2D eigenvalue weighted by Crippen LogP contribution is 2.21. The van der Waals surface area contributed by atoms with Crippen LogP contribution in [0.25, 0.3) is 0 Å². The van der Waals surface area contributed by atoms with Gasteiger partial charge < -0.3 is 5.32 Å². The summed E-state index contributed by atoms with van der Waals surface area (Å²) in [6, 6.07) is 8.92. The Balaban J connectivity index is 2.08. The zero-order valence-electron chi connectivity index (χ0n) is 12.9. The van der Waals surface area contributed by atoms with Gasteiger partial charge in [0.25, 0.3) is 0 Å². The summed E-state index contributed by atoms with van der Waals surface area (Å²) >= 11 is 3.64. The first-order valence-corrected chi connectivity index (χ1v) is 8.15. The fraction of sp³-hybridized carbons (Fsp3) is 0.500. The average Bonchev–Trinajstić information content (AvgIpc) is 2.84. The Hall–Kier alpha value is -1.20. The van der Waals surface area contributed by atoms with Crippen LogP contribution >= 0.6 is 15.9 Å². The lowest BCUT2D eigenvalue weighted by atomic mass is 9.95. The van der Waals surface area contributed by atoms with Crippen LogP contribution in [0.3, 0.4) is 0 Å². The molecule has 1 heterocycles. The highest BCUT2D eigenvalue weighted by atomic mass is 79.9. The number of hydrogen-bond acceptors (Lipinski definition) is 3. The lowest BCUT2D eigenvalue weighted by Gasteiger charge is -2.19. The third kappa shape index (κ3) is 4.93. The summed E-state index contributed by atoms with van der Waals surface area (Å²) < 4.78 is 3.04. The van der Waals surface area contributed by atoms with Crippen LogP contribution in [0.1, 0.15) is 25.2 Å². The minimum Gasteiger partial charge on any atom is -0.314 e. The van der Waals surface area contributed by atoms with Gasteiger partial charge in [-0.25, -0.2) is 4.98 Å². The van der Waals surface area contributed by atoms with Crippen LogP contribution < -0.4 is 5.32 Å². The molecule has 0 radical (unpaired) electrons. The molecule has 114 valence electrons. The van der Waals surface area contributed by atoms with Crippen molar-refractivity contribution in [3.05, 3.63) is 46.5 Å². The molecule has 1 N–H and O–H groups in total. The topological polar surface area (TPSA) is 42.7 Å². The molecular weight excluding hydrogens is 328 g/mol. The SMILES string of the molecule is CC(C)NCC(Cc1ccccc1Br)Cc1ncnn1C. The zero-order chi connectivity index (χ0) is 15.2. The van der Waals surface area contributed by atoms with E-state index in [4.69, 9.17) is 0 Å². The summed E-state index contributed by atoms with van der Waals surface area (Å²) in [4.78, 5) is 4.36. The van der Waals surface area contributed by atoms with Crippen molar-refractivity contribution in [2.24, 2.45) is 13.0 Å². The van der Waals surface area contributed by atoms with Gasteiger partial charge in [0.2, 0.25) is 0 Å². The van der Waals surface area contributed by atoms with Crippen molar-refractivity contribution in [3.8, 4) is 0 Å². The van der Waals surface area contributed by atoms with Crippen molar-refractivity contribution in [2.45, 2.75) is 32.7 Å². The Morgan fingerprint density at radius 1 is 1.24 bits per heavy atom. The first-order valence-electron chi connectivity index (χ1n) is 7.36. The number of rotatable bonds is 7. The van der Waals surface area contributed by atoms with Gasteiger partial charge in [-0.2, -0.15) is 5.10 Å². The van der Waals surface area contributed by atoms with Crippen LogP contribution in [-0.4, -0.2) is 27.4 Å². The van der Waals surface area contributed by atoms with Gasteiger partial charge in [-0.1, -0.05) is 48.0 Å². The molecule has 21 heavy (non-hydrogen) atoms. The van der Waals surface area contributed by atoms with E-state index in [-0.39, 0.29) is 0 Å². The Bertz CT molecular complexity index is 565. The van der Waals surface area contributed by atoms with E-state index in [1.54, 1.807) is 6.33 Å². The normalized spacial score (nSPS) is 12.8. The number of halogens is 1. The molecule has 0 aliphatic carbocycles. The molecule has 0 bridgehead atoms. The maximum atomic E-state index is 4.36. The van der Waals surface area contributed by atoms with Crippen molar-refractivity contribution in [1.29, 1.82) is 0 Å². The minimum absolute atomic E-state index is 0.492. The van der Waals surface area contributed by atoms with Crippen LogP contribution in [0.2, 0.25) is 0 Å². The Labute approximate surface area is 135 Å². The van der Waals surface area contributed by atoms with Gasteiger partial charge in [-0.3, -0.25) is 4.68 Å². The van der Waals surface area contributed by atoms with Crippen molar-refractivity contribution in [3.63, 3.8) is 0 Å². The molecule has 0 aliphatic heterocycles. The van der Waals surface area contributed by atoms with E-state index in [1.165, 1.54) is 10.0 Å². The summed E-state index contributed by atoms with van der Waals surface area (Å²) in [5, 5.41) is 7.71. The number of hydrogen-bond donors (Lipinski definition) is 1. The molecule has 0 amide bonds. The van der Waals surface area contributed by atoms with Crippen molar-refractivity contribution >= 4 is 15.9 Å². The van der Waals surface area contributed by atoms with Gasteiger partial charge in [-0.15, -0.1) is 0 Å². The minimum atomic E-state index is 0.492. The summed E-state index contributed by atoms with van der Waals surface area (Å²) in [6.07, 6.45) is 3.58. The molecule has 5 heteroatoms. The van der Waals surface area contributed by atoms with Gasteiger partial charge in [0.15, 0.2) is 0 Å². The largest absolute Gasteiger partial charge is 0.314 e. The second-order valence-corrected chi connectivity index (χ2v) is 6.58. The highest BCUT2D eigenvalue weighted by molar-refractivity contribution is 9.10. The number of nitrogens with zero attached hydrogens (tertiary/aromatic N) is 3. The third-order valence-electron chi connectivity index (χ3n) is 3.56. The van der Waals surface area contributed by atoms with E-state index in [1.807, 2.05) is 11.7 Å². The summed E-state index contributed by atoms with van der Waals surface area (Å²) in [5.74, 6) is 1.53. The van der Waals surface area contributed by atoms with Crippen LogP contribution in [0.5, 0.6) is 0 Å². The summed E-state index contributed by atoms with van der Waals surface area (Å²) in [5.41, 5.74) is 1.34. The molecule has 0 saturated carbocycles. The van der Waals surface area contributed by atoms with E-state index in [2.05, 4.69) is 69.4 Å². The number of nitrogens with one attached hydrogen (secondary N) is 1. The lowest BCUT2D eigenvalue weighted by Crippen LogP contribution is -2.31. The maximum Gasteiger partial charge on any atom is 0.138 e. The maximum absolute atomic E-state index is 4.36. The fourth-order valence-electron chi connectivity index (χ4n) is 2.36. The number of aryl methyl sites for hydroxylation is 1. The molecule has 0 saturated heterocycles. The Morgan fingerprint density at radius 3 is 2.62 bits per heavy atom. The first-order chi connectivity index (χ1) is 10.1. The molecule has 0 fully saturated rings. The average molecular weight is 351 g/mol. The van der Waals surface area contributed by atoms with Gasteiger partial charge in [-0.05, 0) is 30.5 Å². The molecular formula is C16H23BrN4. The second-order valence-electron chi connectivity index (χ2n) is 5.73. The Morgan fingerprint density at radius 2 is 2.00 bits per heavy atom. The molecule has 4 nitrogen and oxygen atoms in total. The van der Waals surface area contributed by atoms with Gasteiger partial charge in [0, 0.05) is 24.0 Å². The summed E-state index contributed by atoms with van der Waals surface area (Å²) in [7, 11) is 1.95. The molecule has 2 rings (SSSR count). The highest BCUT2D eigenvalue weighted by Gasteiger charge is 2.15. The predicted octanol–water partition coefficient (Wildman–Crippen LogP) is 2.98. The molecule has 1 atom stereocenters. The molecule has 2 aromatic rings. The first kappa shape index (κ1) is 16.2. The van der Waals surface area contributed by atoms with E-state index < -0.39 is 0 Å². The van der Waals surface area contributed by atoms with Crippen molar-refractivity contribution in [2.75, 3.05) is 6.54 Å². The quantitative estimate of drug-likeness (QED) is 0.834. The van der Waals surface area contributed by atoms with Gasteiger partial charge in [0.1, 0.15) is 12.2 Å². The van der Waals surface area contributed by atoms with Crippen LogP contribution in [0.4, 0.5) is 0 Å². The van der Waals surface area contributed by atoms with E-state index in [0.717, 1.165) is 25.2 Å². The van der Waals surface area contributed by atoms with Crippen LogP contribution in [-0.2, 0) is 19.9 Å². The predicted molar refractivity (Wildman–Crippen MR) is 89.2 cm³/mol. The molecule has 0 spiro atoms. The molecule has 1 aromatic carbocycles. The van der Waals surface area contributed by atoms with Crippen LogP contribution in [0.15, 0.2) is 35.1 Å². The van der Waals surface area contributed by atoms with E-state index in [0.29, 0.717) is 12.0 Å². The Kier molecular flexibility index (Phi) is 5.94. The standard InChI is InChI=1S/C16H23BrN4/c1-12(2)18-10-13(9-16-19-11-20-21(16)3)8-14-6-4-5-7-15(14)17/h4-7,11-13,18H,8-10H2,1-3H3. The third-order valence-corrected chi connectivity index (χ3v) is 4.33. The monoisotopic (exact) mass is 350 g/mol. The van der Waals surface area contributed by atoms with Gasteiger partial charge >= 0.3 is 0 Å².